The van der Waals surface area contributed by atoms with Crippen molar-refractivity contribution in [3.05, 3.63) is 32.9 Å². The number of aromatic nitrogens is 3. The van der Waals surface area contributed by atoms with Gasteiger partial charge in [-0.2, -0.15) is 0 Å². The highest BCUT2D eigenvalue weighted by atomic mass is 32.1. The highest BCUT2D eigenvalue weighted by Crippen LogP contribution is 2.24. The van der Waals surface area contributed by atoms with Gasteiger partial charge in [-0.25, -0.2) is 4.98 Å². The molecule has 3 rings (SSSR count). The van der Waals surface area contributed by atoms with Gasteiger partial charge in [0.1, 0.15) is 16.5 Å². The Bertz CT molecular complexity index is 696. The van der Waals surface area contributed by atoms with Gasteiger partial charge in [-0.15, -0.1) is 10.2 Å². The van der Waals surface area contributed by atoms with E-state index in [4.69, 9.17) is 0 Å². The first-order valence-corrected chi connectivity index (χ1v) is 7.78. The average molecular weight is 320 g/mol. The number of hydrogen-bond donors (Lipinski definition) is 0. The summed E-state index contributed by atoms with van der Waals surface area (Å²) in [4.78, 5) is 19.2. The van der Waals surface area contributed by atoms with Crippen LogP contribution in [0.25, 0.3) is 0 Å². The molecule has 3 heterocycles. The number of hydrogen-bond acceptors (Lipinski definition) is 8. The van der Waals surface area contributed by atoms with Crippen molar-refractivity contribution in [3.63, 3.8) is 0 Å². The Balaban J connectivity index is 1.68. The van der Waals surface area contributed by atoms with E-state index in [1.54, 1.807) is 24.3 Å². The lowest BCUT2D eigenvalue weighted by molar-refractivity contribution is -0.385. The van der Waals surface area contributed by atoms with E-state index in [-0.39, 0.29) is 5.69 Å². The minimum Gasteiger partial charge on any atom is -0.353 e. The van der Waals surface area contributed by atoms with E-state index in [1.807, 2.05) is 6.92 Å². The van der Waals surface area contributed by atoms with Crippen LogP contribution in [0.15, 0.2) is 12.1 Å². The summed E-state index contributed by atoms with van der Waals surface area (Å²) in [5.41, 5.74) is 0.511. The fraction of sp³-hybridized carbons (Fsp3) is 0.462. The molecule has 0 bridgehead atoms. The van der Waals surface area contributed by atoms with Gasteiger partial charge in [0.15, 0.2) is 0 Å². The predicted molar refractivity (Wildman–Crippen MR) is 84.7 cm³/mol. The summed E-state index contributed by atoms with van der Waals surface area (Å²) < 4.78 is 0. The van der Waals surface area contributed by atoms with Crippen molar-refractivity contribution in [1.29, 1.82) is 0 Å². The van der Waals surface area contributed by atoms with E-state index in [2.05, 4.69) is 25.0 Å². The lowest BCUT2D eigenvalue weighted by Gasteiger charge is -2.35. The lowest BCUT2D eigenvalue weighted by Crippen LogP contribution is -2.46. The first kappa shape index (κ1) is 14.6. The molecule has 1 aliphatic rings. The number of pyridine rings is 1. The second-order valence-electron chi connectivity index (χ2n) is 5.11. The predicted octanol–water partition coefficient (Wildman–Crippen LogP) is 1.78. The monoisotopic (exact) mass is 320 g/mol. The second kappa shape index (κ2) is 5.84. The van der Waals surface area contributed by atoms with Crippen LogP contribution in [0.3, 0.4) is 0 Å². The van der Waals surface area contributed by atoms with E-state index in [0.29, 0.717) is 5.69 Å². The number of nitrogens with zero attached hydrogens (tertiary/aromatic N) is 6. The molecule has 0 radical (unpaired) electrons. The Kier molecular flexibility index (Phi) is 3.88. The van der Waals surface area contributed by atoms with Gasteiger partial charge in [-0.1, -0.05) is 11.3 Å². The smallest absolute Gasteiger partial charge is 0.290 e. The fourth-order valence-electron chi connectivity index (χ4n) is 2.45. The molecule has 0 saturated carbocycles. The third-order valence-corrected chi connectivity index (χ3v) is 4.53. The van der Waals surface area contributed by atoms with Gasteiger partial charge in [0.2, 0.25) is 5.13 Å². The highest BCUT2D eigenvalue weighted by molar-refractivity contribution is 7.15. The van der Waals surface area contributed by atoms with Crippen LogP contribution in [0, 0.1) is 24.0 Å². The molecule has 2 aromatic rings. The van der Waals surface area contributed by atoms with E-state index in [0.717, 1.165) is 42.1 Å². The number of aryl methyl sites for hydroxylation is 2. The van der Waals surface area contributed by atoms with E-state index in [9.17, 15) is 10.1 Å². The molecule has 0 spiro atoms. The summed E-state index contributed by atoms with van der Waals surface area (Å²) in [5, 5.41) is 21.0. The van der Waals surface area contributed by atoms with E-state index >= 15 is 0 Å². The van der Waals surface area contributed by atoms with Gasteiger partial charge < -0.3 is 9.80 Å². The number of piperazine rings is 1. The van der Waals surface area contributed by atoms with Crippen molar-refractivity contribution >= 4 is 28.0 Å². The van der Waals surface area contributed by atoms with Gasteiger partial charge in [0.25, 0.3) is 5.69 Å². The quantitative estimate of drug-likeness (QED) is 0.629. The summed E-state index contributed by atoms with van der Waals surface area (Å²) in [6, 6.07) is 3.24. The average Bonchev–Trinajstić information content (AvgIpc) is 2.93. The van der Waals surface area contributed by atoms with Crippen LogP contribution in [0.4, 0.5) is 16.6 Å². The van der Waals surface area contributed by atoms with Gasteiger partial charge in [-0.05, 0) is 19.9 Å². The van der Waals surface area contributed by atoms with Crippen molar-refractivity contribution in [2.75, 3.05) is 36.0 Å². The van der Waals surface area contributed by atoms with E-state index < -0.39 is 4.92 Å². The van der Waals surface area contributed by atoms with Crippen molar-refractivity contribution in [2.45, 2.75) is 13.8 Å². The largest absolute Gasteiger partial charge is 0.353 e. The molecular weight excluding hydrogens is 304 g/mol. The van der Waals surface area contributed by atoms with Crippen LogP contribution in [0.2, 0.25) is 0 Å². The topological polar surface area (TPSA) is 88.3 Å². The first-order chi connectivity index (χ1) is 10.5. The normalized spacial score (nSPS) is 15.2. The molecule has 0 unspecified atom stereocenters. The maximum atomic E-state index is 10.8. The van der Waals surface area contributed by atoms with Gasteiger partial charge >= 0.3 is 0 Å². The number of anilines is 2. The minimum atomic E-state index is -0.401. The summed E-state index contributed by atoms with van der Waals surface area (Å²) >= 11 is 1.59. The first-order valence-electron chi connectivity index (χ1n) is 6.96. The van der Waals surface area contributed by atoms with E-state index in [1.165, 1.54) is 6.07 Å². The SMILES string of the molecule is Cc1nnc(N2CCN(c3ccc([N+](=O)[O-])c(C)n3)CC2)s1. The van der Waals surface area contributed by atoms with Crippen LogP contribution in [0.1, 0.15) is 10.7 Å². The molecule has 22 heavy (non-hydrogen) atoms. The lowest BCUT2D eigenvalue weighted by atomic mass is 10.2. The fourth-order valence-corrected chi connectivity index (χ4v) is 3.19. The third-order valence-electron chi connectivity index (χ3n) is 3.63. The Labute approximate surface area is 131 Å². The third kappa shape index (κ3) is 2.84. The Hall–Kier alpha value is -2.29. The molecule has 2 aromatic heterocycles. The second-order valence-corrected chi connectivity index (χ2v) is 6.27. The molecule has 0 amide bonds. The molecule has 0 N–H and O–H groups in total. The van der Waals surface area contributed by atoms with Gasteiger partial charge in [0, 0.05) is 32.2 Å². The summed E-state index contributed by atoms with van der Waals surface area (Å²) in [7, 11) is 0. The molecule has 8 nitrogen and oxygen atoms in total. The standard InChI is InChI=1S/C13H16N6O2S/c1-9-11(19(20)21)3-4-12(14-9)17-5-7-18(8-6-17)13-16-15-10(2)22-13/h3-4H,5-8H2,1-2H3. The van der Waals surface area contributed by atoms with Crippen molar-refractivity contribution in [1.82, 2.24) is 15.2 Å². The van der Waals surface area contributed by atoms with Crippen LogP contribution in [-0.4, -0.2) is 46.3 Å². The summed E-state index contributed by atoms with van der Waals surface area (Å²) in [5.74, 6) is 0.788. The molecule has 0 aliphatic carbocycles. The van der Waals surface area contributed by atoms with Crippen molar-refractivity contribution in [2.24, 2.45) is 0 Å². The van der Waals surface area contributed by atoms with Crippen LogP contribution in [-0.2, 0) is 0 Å². The zero-order chi connectivity index (χ0) is 15.7. The zero-order valence-electron chi connectivity index (χ0n) is 12.4. The molecule has 0 atom stereocenters. The molecular formula is C13H16N6O2S. The molecule has 9 heteroatoms. The zero-order valence-corrected chi connectivity index (χ0v) is 13.2. The molecule has 116 valence electrons. The summed E-state index contributed by atoms with van der Waals surface area (Å²) in [6.45, 7) is 6.91. The van der Waals surface area contributed by atoms with Crippen LogP contribution < -0.4 is 9.80 Å². The molecule has 1 aliphatic heterocycles. The van der Waals surface area contributed by atoms with Crippen LogP contribution >= 0.6 is 11.3 Å². The van der Waals surface area contributed by atoms with Crippen molar-refractivity contribution < 1.29 is 4.92 Å². The minimum absolute atomic E-state index is 0.0618. The summed E-state index contributed by atoms with van der Waals surface area (Å²) in [6.07, 6.45) is 0. The maximum Gasteiger partial charge on any atom is 0.290 e. The maximum absolute atomic E-state index is 10.8. The van der Waals surface area contributed by atoms with Crippen molar-refractivity contribution in [3.8, 4) is 0 Å². The Morgan fingerprint density at radius 1 is 1.14 bits per heavy atom. The van der Waals surface area contributed by atoms with Gasteiger partial charge in [-0.3, -0.25) is 10.1 Å². The highest BCUT2D eigenvalue weighted by Gasteiger charge is 2.22. The number of rotatable bonds is 3. The Morgan fingerprint density at radius 3 is 2.36 bits per heavy atom. The van der Waals surface area contributed by atoms with Gasteiger partial charge in [0.05, 0.1) is 4.92 Å². The molecule has 1 saturated heterocycles. The van der Waals surface area contributed by atoms with Crippen LogP contribution in [0.5, 0.6) is 0 Å². The Morgan fingerprint density at radius 2 is 1.82 bits per heavy atom. The number of nitro groups is 1. The molecule has 1 fully saturated rings. The molecule has 0 aromatic carbocycles.